The van der Waals surface area contributed by atoms with Crippen molar-refractivity contribution >= 4 is 52.6 Å². The zero-order chi connectivity index (χ0) is 19.7. The molecule has 1 N–H and O–H groups in total. The molecule has 2 aromatic heterocycles. The van der Waals surface area contributed by atoms with Crippen LogP contribution in [0.4, 0.5) is 5.82 Å². The van der Waals surface area contributed by atoms with Crippen molar-refractivity contribution in [1.29, 1.82) is 5.26 Å². The number of hydrogen-bond acceptors (Lipinski definition) is 4. The minimum Gasteiger partial charge on any atom is -0.283 e. The highest BCUT2D eigenvalue weighted by Gasteiger charge is 2.20. The van der Waals surface area contributed by atoms with Crippen LogP contribution < -0.4 is 0 Å². The van der Waals surface area contributed by atoms with Crippen molar-refractivity contribution in [3.05, 3.63) is 69.7 Å². The summed E-state index contributed by atoms with van der Waals surface area (Å²) in [6, 6.07) is 17.0. The van der Waals surface area contributed by atoms with Gasteiger partial charge in [-0.2, -0.15) is 5.26 Å². The number of nitrogens with one attached hydrogen (secondary N) is 1. The van der Waals surface area contributed by atoms with Crippen molar-refractivity contribution in [2.75, 3.05) is 6.26 Å². The fraction of sp³-hybridized carbons (Fsp3) is 0.0500. The molecule has 28 heavy (non-hydrogen) atoms. The molecule has 8 heteroatoms. The van der Waals surface area contributed by atoms with E-state index in [-0.39, 0.29) is 0 Å². The first-order valence-corrected chi connectivity index (χ1v) is 10.2. The van der Waals surface area contributed by atoms with Crippen LogP contribution in [0.3, 0.4) is 0 Å². The van der Waals surface area contributed by atoms with Crippen molar-refractivity contribution in [2.24, 2.45) is 4.99 Å². The van der Waals surface area contributed by atoms with Crippen LogP contribution in [0.2, 0.25) is 10.0 Å². The van der Waals surface area contributed by atoms with Crippen LogP contribution in [0.25, 0.3) is 16.9 Å². The maximum Gasteiger partial charge on any atom is 0.180 e. The number of nitriles is 1. The molecule has 0 unspecified atom stereocenters. The molecule has 0 spiro atoms. The summed E-state index contributed by atoms with van der Waals surface area (Å²) >= 11 is 13.4. The normalized spacial score (nSPS) is 11.4. The molecular weight excluding hydrogens is 413 g/mol. The summed E-state index contributed by atoms with van der Waals surface area (Å²) in [5, 5.41) is 14.8. The van der Waals surface area contributed by atoms with E-state index in [1.54, 1.807) is 22.9 Å². The lowest BCUT2D eigenvalue weighted by Crippen LogP contribution is -1.87. The number of thioether (sulfide) groups is 1. The number of aromatic amines is 1. The van der Waals surface area contributed by atoms with Gasteiger partial charge in [-0.1, -0.05) is 47.5 Å². The molecule has 5 nitrogen and oxygen atoms in total. The lowest BCUT2D eigenvalue weighted by molar-refractivity contribution is 0.909. The first kappa shape index (κ1) is 18.6. The molecule has 4 aromatic rings. The highest BCUT2D eigenvalue weighted by atomic mass is 35.5. The molecule has 0 bridgehead atoms. The van der Waals surface area contributed by atoms with Gasteiger partial charge in [0, 0.05) is 21.8 Å². The van der Waals surface area contributed by atoms with Gasteiger partial charge in [0.1, 0.15) is 22.4 Å². The summed E-state index contributed by atoms with van der Waals surface area (Å²) in [7, 11) is 0. The predicted octanol–water partition coefficient (Wildman–Crippen LogP) is 5.98. The fourth-order valence-electron chi connectivity index (χ4n) is 2.80. The van der Waals surface area contributed by atoms with E-state index in [0.717, 1.165) is 16.2 Å². The van der Waals surface area contributed by atoms with Gasteiger partial charge in [0.2, 0.25) is 0 Å². The average molecular weight is 426 g/mol. The summed E-state index contributed by atoms with van der Waals surface area (Å²) in [6.45, 7) is 0. The van der Waals surface area contributed by atoms with E-state index in [1.165, 1.54) is 11.8 Å². The second-order valence-electron chi connectivity index (χ2n) is 5.89. The highest BCUT2D eigenvalue weighted by molar-refractivity contribution is 7.98. The molecule has 0 saturated carbocycles. The van der Waals surface area contributed by atoms with Crippen molar-refractivity contribution < 1.29 is 0 Å². The van der Waals surface area contributed by atoms with Gasteiger partial charge < -0.3 is 0 Å². The molecule has 0 aliphatic carbocycles. The van der Waals surface area contributed by atoms with Gasteiger partial charge in [-0.3, -0.25) is 5.10 Å². The minimum atomic E-state index is 0.496. The van der Waals surface area contributed by atoms with E-state index < -0.39 is 0 Å². The quantitative estimate of drug-likeness (QED) is 0.322. The molecule has 4 rings (SSSR count). The molecule has 0 atom stereocenters. The first-order valence-electron chi connectivity index (χ1n) is 8.25. The van der Waals surface area contributed by atoms with E-state index in [2.05, 4.69) is 16.2 Å². The number of benzene rings is 2. The summed E-state index contributed by atoms with van der Waals surface area (Å²) in [5.41, 5.74) is 3.46. The number of fused-ring (bicyclic) bond motifs is 1. The summed E-state index contributed by atoms with van der Waals surface area (Å²) in [5.74, 6) is 0.601. The number of aromatic nitrogens is 3. The molecule has 138 valence electrons. The molecule has 0 fully saturated rings. The van der Waals surface area contributed by atoms with Gasteiger partial charge in [-0.05, 0) is 36.1 Å². The second-order valence-corrected chi connectivity index (χ2v) is 7.58. The number of aliphatic imine (C=N–C) groups is 1. The van der Waals surface area contributed by atoms with Crippen LogP contribution in [0.5, 0.6) is 0 Å². The van der Waals surface area contributed by atoms with E-state index in [0.29, 0.717) is 32.8 Å². The zero-order valence-corrected chi connectivity index (χ0v) is 17.0. The Labute approximate surface area is 175 Å². The highest BCUT2D eigenvalue weighted by Crippen LogP contribution is 2.34. The second kappa shape index (κ2) is 7.72. The average Bonchev–Trinajstić information content (AvgIpc) is 3.23. The maximum absolute atomic E-state index is 9.57. The largest absolute Gasteiger partial charge is 0.283 e. The Kier molecular flexibility index (Phi) is 5.14. The Morgan fingerprint density at radius 3 is 2.36 bits per heavy atom. The van der Waals surface area contributed by atoms with Crippen molar-refractivity contribution in [1.82, 2.24) is 14.6 Å². The minimum absolute atomic E-state index is 0.496. The number of imidazole rings is 1. The van der Waals surface area contributed by atoms with E-state index in [4.69, 9.17) is 28.2 Å². The lowest BCUT2D eigenvalue weighted by Gasteiger charge is -2.01. The number of H-pyrrole nitrogens is 1. The van der Waals surface area contributed by atoms with Gasteiger partial charge in [0.15, 0.2) is 11.5 Å². The standard InChI is InChI=1S/C20H13Cl2N5S/c1-28-20-16(10-23)18-25-17(13-4-8-15(22)9-5-13)19(27(18)26-20)24-11-12-2-6-14(21)7-3-12/h2-9,11,26H,1H3. The zero-order valence-electron chi connectivity index (χ0n) is 14.6. The molecule has 2 aromatic carbocycles. The molecule has 0 aliphatic heterocycles. The Morgan fingerprint density at radius 1 is 1.11 bits per heavy atom. The molecule has 2 heterocycles. The van der Waals surface area contributed by atoms with E-state index in [9.17, 15) is 5.26 Å². The molecule has 0 saturated heterocycles. The number of rotatable bonds is 4. The number of hydrogen-bond donors (Lipinski definition) is 1. The summed E-state index contributed by atoms with van der Waals surface area (Å²) in [4.78, 5) is 9.36. The Morgan fingerprint density at radius 2 is 1.75 bits per heavy atom. The van der Waals surface area contributed by atoms with Crippen LogP contribution in [-0.2, 0) is 0 Å². The summed E-state index contributed by atoms with van der Waals surface area (Å²) in [6.07, 6.45) is 3.65. The lowest BCUT2D eigenvalue weighted by atomic mass is 10.1. The van der Waals surface area contributed by atoms with Crippen LogP contribution in [-0.4, -0.2) is 27.1 Å². The third kappa shape index (κ3) is 3.40. The van der Waals surface area contributed by atoms with Crippen LogP contribution in [0.1, 0.15) is 11.1 Å². The van der Waals surface area contributed by atoms with Crippen molar-refractivity contribution in [2.45, 2.75) is 5.03 Å². The van der Waals surface area contributed by atoms with Gasteiger partial charge in [0.05, 0.1) is 0 Å². The molecule has 0 radical (unpaired) electrons. The number of nitrogens with zero attached hydrogens (tertiary/aromatic N) is 4. The SMILES string of the molecule is CSc1[nH]n2c(N=Cc3ccc(Cl)cc3)c(-c3ccc(Cl)cc3)nc2c1C#N. The topological polar surface area (TPSA) is 69.2 Å². The smallest absolute Gasteiger partial charge is 0.180 e. The third-order valence-electron chi connectivity index (χ3n) is 4.16. The molecule has 0 aliphatic rings. The van der Waals surface area contributed by atoms with Crippen LogP contribution >= 0.6 is 35.0 Å². The predicted molar refractivity (Wildman–Crippen MR) is 115 cm³/mol. The Balaban J connectivity index is 1.91. The maximum atomic E-state index is 9.57. The van der Waals surface area contributed by atoms with Gasteiger partial charge in [-0.15, -0.1) is 11.8 Å². The monoisotopic (exact) mass is 425 g/mol. The molecule has 0 amide bonds. The van der Waals surface area contributed by atoms with E-state index in [1.807, 2.05) is 42.7 Å². The van der Waals surface area contributed by atoms with Gasteiger partial charge in [-0.25, -0.2) is 14.5 Å². The molecular formula is C20H13Cl2N5S. The fourth-order valence-corrected chi connectivity index (χ4v) is 3.57. The van der Waals surface area contributed by atoms with Crippen LogP contribution in [0.15, 0.2) is 58.5 Å². The van der Waals surface area contributed by atoms with Gasteiger partial charge >= 0.3 is 0 Å². The van der Waals surface area contributed by atoms with E-state index >= 15 is 0 Å². The number of halogens is 2. The Hall–Kier alpha value is -2.72. The van der Waals surface area contributed by atoms with Crippen molar-refractivity contribution in [3.63, 3.8) is 0 Å². The Bertz CT molecular complexity index is 1210. The summed E-state index contributed by atoms with van der Waals surface area (Å²) < 4.78 is 1.74. The van der Waals surface area contributed by atoms with Crippen LogP contribution in [0, 0.1) is 11.3 Å². The van der Waals surface area contributed by atoms with Crippen molar-refractivity contribution in [3.8, 4) is 17.3 Å². The van der Waals surface area contributed by atoms with Gasteiger partial charge in [0.25, 0.3) is 0 Å². The first-order chi connectivity index (χ1) is 13.6. The third-order valence-corrected chi connectivity index (χ3v) is 5.36.